The van der Waals surface area contributed by atoms with E-state index in [1.165, 1.54) is 24.3 Å². The van der Waals surface area contributed by atoms with E-state index < -0.39 is 16.6 Å². The average Bonchev–Trinajstić information content (AvgIpc) is 2.17. The van der Waals surface area contributed by atoms with Gasteiger partial charge in [-0.2, -0.15) is 0 Å². The van der Waals surface area contributed by atoms with Crippen molar-refractivity contribution >= 4 is 10.0 Å². The molecule has 0 atom stereocenters. The SMILES string of the molecule is O=S(=O)(CCO)NCc1ccc(F)cc1. The monoisotopic (exact) mass is 233 g/mol. The number of aliphatic hydroxyl groups is 1. The summed E-state index contributed by atoms with van der Waals surface area (Å²) in [6.07, 6.45) is 0. The molecule has 0 radical (unpaired) electrons. The maximum Gasteiger partial charge on any atom is 0.214 e. The average molecular weight is 233 g/mol. The van der Waals surface area contributed by atoms with E-state index in [9.17, 15) is 12.8 Å². The topological polar surface area (TPSA) is 66.4 Å². The number of halogens is 1. The molecule has 0 bridgehead atoms. The van der Waals surface area contributed by atoms with Gasteiger partial charge in [0.25, 0.3) is 0 Å². The van der Waals surface area contributed by atoms with Crippen LogP contribution in [0.5, 0.6) is 0 Å². The fourth-order valence-electron chi connectivity index (χ4n) is 0.988. The first kappa shape index (κ1) is 12.1. The van der Waals surface area contributed by atoms with Crippen molar-refractivity contribution in [2.45, 2.75) is 6.54 Å². The fourth-order valence-corrected chi connectivity index (χ4v) is 1.76. The highest BCUT2D eigenvalue weighted by molar-refractivity contribution is 7.89. The maximum atomic E-state index is 12.5. The van der Waals surface area contributed by atoms with Gasteiger partial charge in [0.1, 0.15) is 5.82 Å². The number of hydrogen-bond acceptors (Lipinski definition) is 3. The van der Waals surface area contributed by atoms with Gasteiger partial charge < -0.3 is 5.11 Å². The third-order valence-corrected chi connectivity index (χ3v) is 3.07. The van der Waals surface area contributed by atoms with Gasteiger partial charge in [-0.15, -0.1) is 0 Å². The highest BCUT2D eigenvalue weighted by Crippen LogP contribution is 2.02. The number of nitrogens with one attached hydrogen (secondary N) is 1. The zero-order chi connectivity index (χ0) is 11.3. The first-order valence-electron chi connectivity index (χ1n) is 4.36. The maximum absolute atomic E-state index is 12.5. The van der Waals surface area contributed by atoms with Crippen molar-refractivity contribution in [3.8, 4) is 0 Å². The molecule has 0 aliphatic rings. The molecule has 1 aromatic rings. The lowest BCUT2D eigenvalue weighted by atomic mass is 10.2. The molecule has 0 fully saturated rings. The van der Waals surface area contributed by atoms with E-state index in [-0.39, 0.29) is 18.1 Å². The Morgan fingerprint density at radius 2 is 1.87 bits per heavy atom. The van der Waals surface area contributed by atoms with Gasteiger partial charge in [-0.05, 0) is 17.7 Å². The Labute approximate surface area is 87.8 Å². The molecule has 1 rings (SSSR count). The number of sulfonamides is 1. The minimum atomic E-state index is -3.43. The van der Waals surface area contributed by atoms with Gasteiger partial charge in [0.2, 0.25) is 10.0 Å². The molecule has 15 heavy (non-hydrogen) atoms. The summed E-state index contributed by atoms with van der Waals surface area (Å²) in [5.41, 5.74) is 0.665. The Kier molecular flexibility index (Phi) is 4.19. The molecule has 0 aliphatic heterocycles. The first-order valence-corrected chi connectivity index (χ1v) is 6.01. The van der Waals surface area contributed by atoms with Crippen molar-refractivity contribution in [2.24, 2.45) is 0 Å². The molecular formula is C9H12FNO3S. The predicted octanol–water partition coefficient (Wildman–Crippen LogP) is 0.237. The second kappa shape index (κ2) is 5.20. The van der Waals surface area contributed by atoms with Crippen molar-refractivity contribution in [2.75, 3.05) is 12.4 Å². The second-order valence-electron chi connectivity index (χ2n) is 2.99. The first-order chi connectivity index (χ1) is 7.03. The molecule has 0 saturated heterocycles. The fraction of sp³-hybridized carbons (Fsp3) is 0.333. The quantitative estimate of drug-likeness (QED) is 0.765. The summed E-state index contributed by atoms with van der Waals surface area (Å²) in [5, 5.41) is 8.47. The molecule has 0 heterocycles. The second-order valence-corrected chi connectivity index (χ2v) is 4.92. The summed E-state index contributed by atoms with van der Waals surface area (Å²) < 4.78 is 37.0. The normalized spacial score (nSPS) is 11.6. The van der Waals surface area contributed by atoms with E-state index in [1.807, 2.05) is 0 Å². The minimum absolute atomic E-state index is 0.0998. The van der Waals surface area contributed by atoms with Crippen LogP contribution >= 0.6 is 0 Å². The summed E-state index contributed by atoms with van der Waals surface area (Å²) in [6, 6.07) is 5.51. The minimum Gasteiger partial charge on any atom is -0.395 e. The van der Waals surface area contributed by atoms with Crippen LogP contribution in [0.25, 0.3) is 0 Å². The van der Waals surface area contributed by atoms with Crippen LogP contribution in [0.2, 0.25) is 0 Å². The Morgan fingerprint density at radius 3 is 2.40 bits per heavy atom. The predicted molar refractivity (Wildman–Crippen MR) is 54.1 cm³/mol. The van der Waals surface area contributed by atoms with E-state index >= 15 is 0 Å². The van der Waals surface area contributed by atoms with Gasteiger partial charge in [-0.3, -0.25) is 0 Å². The molecule has 0 amide bonds. The van der Waals surface area contributed by atoms with Crippen LogP contribution in [0.1, 0.15) is 5.56 Å². The van der Waals surface area contributed by atoms with Crippen LogP contribution in [-0.4, -0.2) is 25.9 Å². The number of benzene rings is 1. The van der Waals surface area contributed by atoms with Crippen molar-refractivity contribution in [1.29, 1.82) is 0 Å². The van der Waals surface area contributed by atoms with Crippen LogP contribution in [0, 0.1) is 5.82 Å². The third-order valence-electron chi connectivity index (χ3n) is 1.77. The molecule has 0 spiro atoms. The number of rotatable bonds is 5. The lowest BCUT2D eigenvalue weighted by Crippen LogP contribution is -2.27. The lowest BCUT2D eigenvalue weighted by molar-refractivity contribution is 0.319. The van der Waals surface area contributed by atoms with Gasteiger partial charge in [0.15, 0.2) is 0 Å². The lowest BCUT2D eigenvalue weighted by Gasteiger charge is -2.04. The molecule has 6 heteroatoms. The summed E-state index contributed by atoms with van der Waals surface area (Å²) in [6.45, 7) is -0.318. The van der Waals surface area contributed by atoms with Crippen molar-refractivity contribution < 1.29 is 17.9 Å². The molecule has 0 aromatic heterocycles. The van der Waals surface area contributed by atoms with Gasteiger partial charge >= 0.3 is 0 Å². The van der Waals surface area contributed by atoms with Crippen LogP contribution in [0.3, 0.4) is 0 Å². The summed E-state index contributed by atoms with van der Waals surface area (Å²) >= 11 is 0. The van der Waals surface area contributed by atoms with Crippen molar-refractivity contribution in [1.82, 2.24) is 4.72 Å². The van der Waals surface area contributed by atoms with Crippen molar-refractivity contribution in [3.05, 3.63) is 35.6 Å². The molecule has 4 nitrogen and oxygen atoms in total. The molecule has 0 unspecified atom stereocenters. The highest BCUT2D eigenvalue weighted by atomic mass is 32.2. The van der Waals surface area contributed by atoms with Gasteiger partial charge in [0.05, 0.1) is 12.4 Å². The summed E-state index contributed by atoms with van der Waals surface area (Å²) in [5.74, 6) is -0.689. The standard InChI is InChI=1S/C9H12FNO3S/c10-9-3-1-8(2-4-9)7-11-15(13,14)6-5-12/h1-4,11-12H,5-7H2. The van der Waals surface area contributed by atoms with Gasteiger partial charge in [0, 0.05) is 6.54 Å². The molecule has 84 valence electrons. The Hall–Kier alpha value is -0.980. The molecule has 2 N–H and O–H groups in total. The van der Waals surface area contributed by atoms with Crippen LogP contribution < -0.4 is 4.72 Å². The summed E-state index contributed by atoms with van der Waals surface area (Å²) in [4.78, 5) is 0. The van der Waals surface area contributed by atoms with Crippen molar-refractivity contribution in [3.63, 3.8) is 0 Å². The van der Waals surface area contributed by atoms with E-state index in [2.05, 4.69) is 4.72 Å². The van der Waals surface area contributed by atoms with E-state index in [0.29, 0.717) is 5.56 Å². The van der Waals surface area contributed by atoms with E-state index in [4.69, 9.17) is 5.11 Å². The zero-order valence-electron chi connectivity index (χ0n) is 7.98. The smallest absolute Gasteiger partial charge is 0.214 e. The van der Waals surface area contributed by atoms with E-state index in [1.54, 1.807) is 0 Å². The molecule has 0 aliphatic carbocycles. The van der Waals surface area contributed by atoms with Gasteiger partial charge in [-0.1, -0.05) is 12.1 Å². The Morgan fingerprint density at radius 1 is 1.27 bits per heavy atom. The highest BCUT2D eigenvalue weighted by Gasteiger charge is 2.08. The number of aliphatic hydroxyl groups excluding tert-OH is 1. The van der Waals surface area contributed by atoms with Gasteiger partial charge in [-0.25, -0.2) is 17.5 Å². The van der Waals surface area contributed by atoms with E-state index in [0.717, 1.165) is 0 Å². The molecule has 0 saturated carbocycles. The molecule has 1 aromatic carbocycles. The largest absolute Gasteiger partial charge is 0.395 e. The molecular weight excluding hydrogens is 221 g/mol. The Bertz CT molecular complexity index is 402. The van der Waals surface area contributed by atoms with Crippen LogP contribution in [0.15, 0.2) is 24.3 Å². The zero-order valence-corrected chi connectivity index (χ0v) is 8.80. The Balaban J connectivity index is 2.54. The third kappa shape index (κ3) is 4.37. The number of hydrogen-bond donors (Lipinski definition) is 2. The van der Waals surface area contributed by atoms with Crippen LogP contribution in [0.4, 0.5) is 4.39 Å². The summed E-state index contributed by atoms with van der Waals surface area (Å²) in [7, 11) is -3.43. The van der Waals surface area contributed by atoms with Crippen LogP contribution in [-0.2, 0) is 16.6 Å².